The highest BCUT2D eigenvalue weighted by atomic mass is 15.1. The molecule has 0 aliphatic rings. The van der Waals surface area contributed by atoms with Crippen LogP contribution in [0, 0.1) is 5.92 Å². The van der Waals surface area contributed by atoms with Crippen LogP contribution in [0.1, 0.15) is 46.1 Å². The third-order valence-electron chi connectivity index (χ3n) is 3.50. The van der Waals surface area contributed by atoms with Gasteiger partial charge < -0.3 is 5.32 Å². The van der Waals surface area contributed by atoms with Gasteiger partial charge in [-0.2, -0.15) is 0 Å². The predicted octanol–water partition coefficient (Wildman–Crippen LogP) is 3.77. The fourth-order valence-corrected chi connectivity index (χ4v) is 2.06. The normalized spacial score (nSPS) is 12.7. The minimum Gasteiger partial charge on any atom is -0.370 e. The summed E-state index contributed by atoms with van der Waals surface area (Å²) in [5.41, 5.74) is 1.35. The van der Waals surface area contributed by atoms with E-state index in [1.807, 2.05) is 6.20 Å². The van der Waals surface area contributed by atoms with Gasteiger partial charge in [0.1, 0.15) is 5.82 Å². The minimum absolute atomic E-state index is 0.763. The molecule has 3 heteroatoms. The van der Waals surface area contributed by atoms with Crippen LogP contribution in [0.25, 0.3) is 0 Å². The van der Waals surface area contributed by atoms with Crippen LogP contribution in [0.2, 0.25) is 0 Å². The van der Waals surface area contributed by atoms with E-state index in [-0.39, 0.29) is 0 Å². The Balaban J connectivity index is 2.58. The first-order chi connectivity index (χ1) is 9.19. The van der Waals surface area contributed by atoms with Crippen LogP contribution in [0.3, 0.4) is 0 Å². The Labute approximate surface area is 118 Å². The number of pyridine rings is 1. The molecule has 0 saturated carbocycles. The standard InChI is InChI=1S/C16H29N3/c1-5-9-17-16-11-15(8-10-18-16)13-19(7-3)12-14(4)6-2/h8,10-11,14H,5-7,9,12-13H2,1-4H3,(H,17,18). The van der Waals surface area contributed by atoms with Gasteiger partial charge in [-0.25, -0.2) is 4.98 Å². The van der Waals surface area contributed by atoms with E-state index in [9.17, 15) is 0 Å². The molecule has 0 radical (unpaired) electrons. The molecule has 0 aliphatic carbocycles. The molecule has 0 aromatic carbocycles. The number of nitrogens with one attached hydrogen (secondary N) is 1. The zero-order chi connectivity index (χ0) is 14.1. The number of nitrogens with zero attached hydrogens (tertiary/aromatic N) is 2. The third-order valence-corrected chi connectivity index (χ3v) is 3.50. The van der Waals surface area contributed by atoms with Crippen molar-refractivity contribution in [3.8, 4) is 0 Å². The lowest BCUT2D eigenvalue weighted by Gasteiger charge is -2.23. The highest BCUT2D eigenvalue weighted by Crippen LogP contribution is 2.12. The van der Waals surface area contributed by atoms with E-state index in [1.54, 1.807) is 0 Å². The van der Waals surface area contributed by atoms with Crippen molar-refractivity contribution in [3.63, 3.8) is 0 Å². The lowest BCUT2D eigenvalue weighted by Crippen LogP contribution is -2.27. The molecule has 1 rings (SSSR count). The molecule has 0 aliphatic heterocycles. The lowest BCUT2D eigenvalue weighted by atomic mass is 10.1. The van der Waals surface area contributed by atoms with Crippen molar-refractivity contribution in [1.82, 2.24) is 9.88 Å². The van der Waals surface area contributed by atoms with Crippen LogP contribution in [-0.2, 0) is 6.54 Å². The van der Waals surface area contributed by atoms with Gasteiger partial charge >= 0.3 is 0 Å². The Kier molecular flexibility index (Phi) is 7.49. The second-order valence-electron chi connectivity index (χ2n) is 5.32. The average molecular weight is 263 g/mol. The molecule has 0 spiro atoms. The second kappa shape index (κ2) is 8.92. The molecule has 1 atom stereocenters. The fraction of sp³-hybridized carbons (Fsp3) is 0.688. The van der Waals surface area contributed by atoms with Crippen LogP contribution in [0.5, 0.6) is 0 Å². The van der Waals surface area contributed by atoms with E-state index in [0.717, 1.165) is 37.8 Å². The van der Waals surface area contributed by atoms with Crippen molar-refractivity contribution < 1.29 is 0 Å². The smallest absolute Gasteiger partial charge is 0.126 e. The van der Waals surface area contributed by atoms with E-state index in [4.69, 9.17) is 0 Å². The van der Waals surface area contributed by atoms with Crippen LogP contribution in [0.15, 0.2) is 18.3 Å². The highest BCUT2D eigenvalue weighted by Gasteiger charge is 2.08. The molecule has 0 bridgehead atoms. The van der Waals surface area contributed by atoms with Gasteiger partial charge in [-0.15, -0.1) is 0 Å². The highest BCUT2D eigenvalue weighted by molar-refractivity contribution is 5.37. The first-order valence-corrected chi connectivity index (χ1v) is 7.60. The molecule has 108 valence electrons. The van der Waals surface area contributed by atoms with Gasteiger partial charge in [0, 0.05) is 25.8 Å². The molecule has 1 N–H and O–H groups in total. The lowest BCUT2D eigenvalue weighted by molar-refractivity contribution is 0.238. The quantitative estimate of drug-likeness (QED) is 0.735. The predicted molar refractivity (Wildman–Crippen MR) is 83.4 cm³/mol. The van der Waals surface area contributed by atoms with Crippen LogP contribution >= 0.6 is 0 Å². The van der Waals surface area contributed by atoms with Gasteiger partial charge in [0.25, 0.3) is 0 Å². The number of aromatic nitrogens is 1. The zero-order valence-electron chi connectivity index (χ0n) is 12.9. The molecule has 1 heterocycles. The topological polar surface area (TPSA) is 28.2 Å². The van der Waals surface area contributed by atoms with Gasteiger partial charge in [0.15, 0.2) is 0 Å². The summed E-state index contributed by atoms with van der Waals surface area (Å²) >= 11 is 0. The number of anilines is 1. The molecule has 0 fully saturated rings. The van der Waals surface area contributed by atoms with Crippen LogP contribution in [0.4, 0.5) is 5.82 Å². The number of hydrogen-bond acceptors (Lipinski definition) is 3. The molecular weight excluding hydrogens is 234 g/mol. The van der Waals surface area contributed by atoms with E-state index in [1.165, 1.54) is 18.5 Å². The van der Waals surface area contributed by atoms with Gasteiger partial charge in [-0.1, -0.05) is 34.1 Å². The molecule has 1 aromatic rings. The molecule has 0 saturated heterocycles. The summed E-state index contributed by atoms with van der Waals surface area (Å²) in [7, 11) is 0. The Morgan fingerprint density at radius 1 is 1.32 bits per heavy atom. The maximum atomic E-state index is 4.36. The maximum Gasteiger partial charge on any atom is 0.126 e. The first kappa shape index (κ1) is 16.0. The SMILES string of the molecule is CCCNc1cc(CN(CC)CC(C)CC)ccn1. The summed E-state index contributed by atoms with van der Waals surface area (Å²) in [6.45, 7) is 13.3. The van der Waals surface area contributed by atoms with Gasteiger partial charge in [0.05, 0.1) is 0 Å². The zero-order valence-corrected chi connectivity index (χ0v) is 12.9. The van der Waals surface area contributed by atoms with Gasteiger partial charge in [-0.3, -0.25) is 4.90 Å². The van der Waals surface area contributed by atoms with Crippen molar-refractivity contribution >= 4 is 5.82 Å². The van der Waals surface area contributed by atoms with Crippen molar-refractivity contribution in [1.29, 1.82) is 0 Å². The summed E-state index contributed by atoms with van der Waals surface area (Å²) in [5, 5.41) is 3.35. The van der Waals surface area contributed by atoms with Crippen molar-refractivity contribution in [2.45, 2.75) is 47.1 Å². The van der Waals surface area contributed by atoms with E-state index in [2.05, 4.69) is 55.0 Å². The Morgan fingerprint density at radius 3 is 2.74 bits per heavy atom. The number of hydrogen-bond donors (Lipinski definition) is 1. The summed E-state index contributed by atoms with van der Waals surface area (Å²) in [6, 6.07) is 4.30. The molecule has 1 unspecified atom stereocenters. The number of rotatable bonds is 9. The Morgan fingerprint density at radius 2 is 2.11 bits per heavy atom. The first-order valence-electron chi connectivity index (χ1n) is 7.60. The summed E-state index contributed by atoms with van der Waals surface area (Å²) in [6.07, 6.45) is 4.28. The summed E-state index contributed by atoms with van der Waals surface area (Å²) in [4.78, 5) is 6.86. The van der Waals surface area contributed by atoms with Gasteiger partial charge in [-0.05, 0) is 36.6 Å². The maximum absolute atomic E-state index is 4.36. The minimum atomic E-state index is 0.763. The van der Waals surface area contributed by atoms with Crippen molar-refractivity contribution in [2.24, 2.45) is 5.92 Å². The average Bonchev–Trinajstić information content (AvgIpc) is 2.44. The summed E-state index contributed by atoms with van der Waals surface area (Å²) < 4.78 is 0. The largest absolute Gasteiger partial charge is 0.370 e. The van der Waals surface area contributed by atoms with Crippen molar-refractivity contribution in [2.75, 3.05) is 25.0 Å². The van der Waals surface area contributed by atoms with Gasteiger partial charge in [0.2, 0.25) is 0 Å². The molecular formula is C16H29N3. The molecule has 0 amide bonds. The fourth-order valence-electron chi connectivity index (χ4n) is 2.06. The van der Waals surface area contributed by atoms with Crippen molar-refractivity contribution in [3.05, 3.63) is 23.9 Å². The van der Waals surface area contributed by atoms with Crippen LogP contribution in [-0.4, -0.2) is 29.5 Å². The monoisotopic (exact) mass is 263 g/mol. The van der Waals surface area contributed by atoms with E-state index < -0.39 is 0 Å². The third kappa shape index (κ3) is 6.06. The second-order valence-corrected chi connectivity index (χ2v) is 5.32. The van der Waals surface area contributed by atoms with E-state index in [0.29, 0.717) is 0 Å². The van der Waals surface area contributed by atoms with Crippen LogP contribution < -0.4 is 5.32 Å². The Hall–Kier alpha value is -1.09. The van der Waals surface area contributed by atoms with E-state index >= 15 is 0 Å². The summed E-state index contributed by atoms with van der Waals surface area (Å²) in [5.74, 6) is 1.76. The molecule has 19 heavy (non-hydrogen) atoms. The molecule has 3 nitrogen and oxygen atoms in total. The molecule has 1 aromatic heterocycles. The Bertz CT molecular complexity index is 352.